The summed E-state index contributed by atoms with van der Waals surface area (Å²) in [5, 5.41) is 3.71. The molecule has 0 aromatic heterocycles. The Kier molecular flexibility index (Phi) is 4.92. The number of hydrogen-bond acceptors (Lipinski definition) is 4. The van der Waals surface area contributed by atoms with E-state index in [0.29, 0.717) is 16.6 Å². The third kappa shape index (κ3) is 3.45. The van der Waals surface area contributed by atoms with Gasteiger partial charge in [-0.2, -0.15) is 0 Å². The molecule has 0 unspecified atom stereocenters. The number of carbonyl (C=O) groups excluding carboxylic acids is 1. The van der Waals surface area contributed by atoms with E-state index in [1.54, 1.807) is 12.1 Å². The predicted molar refractivity (Wildman–Crippen MR) is 101 cm³/mol. The van der Waals surface area contributed by atoms with Crippen LogP contribution >= 0.6 is 11.6 Å². The van der Waals surface area contributed by atoms with Crippen LogP contribution in [0.15, 0.2) is 18.2 Å². The van der Waals surface area contributed by atoms with E-state index in [1.807, 2.05) is 45.7 Å². The summed E-state index contributed by atoms with van der Waals surface area (Å²) in [6, 6.07) is 5.73. The van der Waals surface area contributed by atoms with E-state index >= 15 is 0 Å². The normalized spacial score (nSPS) is 24.8. The van der Waals surface area contributed by atoms with Gasteiger partial charge < -0.3 is 19.5 Å². The van der Waals surface area contributed by atoms with E-state index in [4.69, 9.17) is 20.9 Å². The molecule has 0 bridgehead atoms. The number of likely N-dealkylation sites (tertiary alicyclic amines) is 1. The molecule has 2 aliphatic rings. The average Bonchev–Trinajstić information content (AvgIpc) is 3.09. The van der Waals surface area contributed by atoms with Gasteiger partial charge in [-0.3, -0.25) is 4.79 Å². The predicted octanol–water partition coefficient (Wildman–Crippen LogP) is 2.07. The van der Waals surface area contributed by atoms with Crippen molar-refractivity contribution in [1.82, 2.24) is 10.2 Å². The van der Waals surface area contributed by atoms with Gasteiger partial charge in [-0.15, -0.1) is 0 Å². The third-order valence-electron chi connectivity index (χ3n) is 5.64. The van der Waals surface area contributed by atoms with Crippen molar-refractivity contribution in [3.8, 4) is 0 Å². The van der Waals surface area contributed by atoms with Crippen molar-refractivity contribution in [2.24, 2.45) is 0 Å². The first-order valence-corrected chi connectivity index (χ1v) is 9.14. The van der Waals surface area contributed by atoms with E-state index in [-0.39, 0.29) is 5.91 Å². The number of carbonyl (C=O) groups is 1. The molecular weight excluding hydrogens is 338 g/mol. The van der Waals surface area contributed by atoms with Gasteiger partial charge in [0, 0.05) is 35.2 Å². The standard InChI is InChI=1S/C18H26BClN2O3/c1-17(2)18(3,4)25-19(24-17)14-7-6-12(10-15(14)20)16(23)22-9-8-13(11-22)21-5/h6-7,10,13,21H,8-9,11H2,1-5H3/t13-/m1/s1. The number of hydrogen-bond donors (Lipinski definition) is 1. The van der Waals surface area contributed by atoms with Crippen molar-refractivity contribution in [3.63, 3.8) is 0 Å². The fourth-order valence-electron chi connectivity index (χ4n) is 3.18. The lowest BCUT2D eigenvalue weighted by Crippen LogP contribution is -2.41. The number of nitrogens with one attached hydrogen (secondary N) is 1. The molecule has 2 fully saturated rings. The van der Waals surface area contributed by atoms with E-state index in [9.17, 15) is 4.79 Å². The van der Waals surface area contributed by atoms with Gasteiger partial charge in [-0.1, -0.05) is 17.7 Å². The van der Waals surface area contributed by atoms with E-state index < -0.39 is 18.3 Å². The van der Waals surface area contributed by atoms with Crippen LogP contribution in [-0.2, 0) is 9.31 Å². The van der Waals surface area contributed by atoms with Gasteiger partial charge in [-0.25, -0.2) is 0 Å². The Labute approximate surface area is 155 Å². The van der Waals surface area contributed by atoms with Crippen LogP contribution in [0.4, 0.5) is 0 Å². The van der Waals surface area contributed by atoms with Crippen LogP contribution < -0.4 is 10.8 Å². The van der Waals surface area contributed by atoms with Crippen molar-refractivity contribution in [2.75, 3.05) is 20.1 Å². The van der Waals surface area contributed by atoms with Gasteiger partial charge in [0.2, 0.25) is 0 Å². The Morgan fingerprint density at radius 1 is 1.28 bits per heavy atom. The maximum absolute atomic E-state index is 12.7. The quantitative estimate of drug-likeness (QED) is 0.834. The largest absolute Gasteiger partial charge is 0.496 e. The fraction of sp³-hybridized carbons (Fsp3) is 0.611. The highest BCUT2D eigenvalue weighted by atomic mass is 35.5. The van der Waals surface area contributed by atoms with Gasteiger partial charge >= 0.3 is 7.12 Å². The molecule has 0 spiro atoms. The molecule has 5 nitrogen and oxygen atoms in total. The van der Waals surface area contributed by atoms with E-state index in [2.05, 4.69) is 5.32 Å². The summed E-state index contributed by atoms with van der Waals surface area (Å²) in [7, 11) is 1.40. The lowest BCUT2D eigenvalue weighted by atomic mass is 9.78. The molecule has 2 saturated heterocycles. The van der Waals surface area contributed by atoms with Crippen LogP contribution in [0, 0.1) is 0 Å². The summed E-state index contributed by atoms with van der Waals surface area (Å²) in [6.45, 7) is 9.51. The number of likely N-dealkylation sites (N-methyl/N-ethyl adjacent to an activating group) is 1. The maximum atomic E-state index is 12.7. The van der Waals surface area contributed by atoms with Crippen LogP contribution in [0.1, 0.15) is 44.5 Å². The number of benzene rings is 1. The van der Waals surface area contributed by atoms with Crippen LogP contribution in [0.25, 0.3) is 0 Å². The van der Waals surface area contributed by atoms with Crippen molar-refractivity contribution in [2.45, 2.75) is 51.4 Å². The number of halogens is 1. The molecule has 2 aliphatic heterocycles. The molecule has 1 aromatic rings. The van der Waals surface area contributed by atoms with Gasteiger partial charge in [-0.05, 0) is 53.3 Å². The molecule has 0 radical (unpaired) electrons. The lowest BCUT2D eigenvalue weighted by Gasteiger charge is -2.32. The van der Waals surface area contributed by atoms with Crippen LogP contribution in [-0.4, -0.2) is 55.3 Å². The van der Waals surface area contributed by atoms with Gasteiger partial charge in [0.1, 0.15) is 0 Å². The third-order valence-corrected chi connectivity index (χ3v) is 5.97. The van der Waals surface area contributed by atoms with Crippen molar-refractivity contribution < 1.29 is 14.1 Å². The first kappa shape index (κ1) is 18.7. The molecule has 0 saturated carbocycles. The Hall–Kier alpha value is -1.08. The minimum absolute atomic E-state index is 0.0140. The molecule has 1 amide bonds. The maximum Gasteiger partial charge on any atom is 0.496 e. The first-order valence-electron chi connectivity index (χ1n) is 8.76. The zero-order valence-electron chi connectivity index (χ0n) is 15.6. The molecule has 1 N–H and O–H groups in total. The monoisotopic (exact) mass is 364 g/mol. The van der Waals surface area contributed by atoms with Crippen molar-refractivity contribution in [1.29, 1.82) is 0 Å². The summed E-state index contributed by atoms with van der Waals surface area (Å²) in [4.78, 5) is 14.5. The molecule has 7 heteroatoms. The summed E-state index contributed by atoms with van der Waals surface area (Å²) in [6.07, 6.45) is 0.974. The Balaban J connectivity index is 1.77. The zero-order chi connectivity index (χ0) is 18.4. The molecule has 2 heterocycles. The molecule has 1 aromatic carbocycles. The number of amides is 1. The lowest BCUT2D eigenvalue weighted by molar-refractivity contribution is 0.00578. The molecule has 0 aliphatic carbocycles. The summed E-state index contributed by atoms with van der Waals surface area (Å²) >= 11 is 6.46. The fourth-order valence-corrected chi connectivity index (χ4v) is 3.45. The average molecular weight is 365 g/mol. The topological polar surface area (TPSA) is 50.8 Å². The summed E-state index contributed by atoms with van der Waals surface area (Å²) in [5.41, 5.74) is 0.508. The Bertz CT molecular complexity index is 664. The summed E-state index contributed by atoms with van der Waals surface area (Å²) < 4.78 is 12.1. The van der Waals surface area contributed by atoms with E-state index in [0.717, 1.165) is 25.0 Å². The van der Waals surface area contributed by atoms with Crippen molar-refractivity contribution in [3.05, 3.63) is 28.8 Å². The highest BCUT2D eigenvalue weighted by molar-refractivity contribution is 6.65. The smallest absolute Gasteiger partial charge is 0.399 e. The summed E-state index contributed by atoms with van der Waals surface area (Å²) in [5.74, 6) is 0.0140. The zero-order valence-corrected chi connectivity index (χ0v) is 16.3. The van der Waals surface area contributed by atoms with Crippen LogP contribution in [0.2, 0.25) is 5.02 Å². The highest BCUT2D eigenvalue weighted by Crippen LogP contribution is 2.37. The Morgan fingerprint density at radius 3 is 2.44 bits per heavy atom. The second-order valence-electron chi connectivity index (χ2n) is 7.85. The van der Waals surface area contributed by atoms with Crippen molar-refractivity contribution >= 4 is 30.1 Å². The highest BCUT2D eigenvalue weighted by Gasteiger charge is 2.52. The molecule has 1 atom stereocenters. The first-order chi connectivity index (χ1) is 11.6. The number of rotatable bonds is 3. The second-order valence-corrected chi connectivity index (χ2v) is 8.26. The molecule has 136 valence electrons. The van der Waals surface area contributed by atoms with Crippen LogP contribution in [0.3, 0.4) is 0 Å². The van der Waals surface area contributed by atoms with Crippen LogP contribution in [0.5, 0.6) is 0 Å². The van der Waals surface area contributed by atoms with Gasteiger partial charge in [0.25, 0.3) is 5.91 Å². The SMILES string of the molecule is CN[C@@H]1CCN(C(=O)c2ccc(B3OC(C)(C)C(C)(C)O3)c(Cl)c2)C1. The molecule has 25 heavy (non-hydrogen) atoms. The second kappa shape index (κ2) is 6.58. The van der Waals surface area contributed by atoms with Gasteiger partial charge in [0.15, 0.2) is 0 Å². The minimum atomic E-state index is -0.526. The molecular formula is C18H26BClN2O3. The Morgan fingerprint density at radius 2 is 1.92 bits per heavy atom. The molecule has 3 rings (SSSR count). The van der Waals surface area contributed by atoms with Gasteiger partial charge in [0.05, 0.1) is 11.2 Å². The van der Waals surface area contributed by atoms with E-state index in [1.165, 1.54) is 0 Å². The minimum Gasteiger partial charge on any atom is -0.399 e. The number of nitrogens with zero attached hydrogens (tertiary/aromatic N) is 1.